The van der Waals surface area contributed by atoms with E-state index in [1.807, 2.05) is 6.92 Å². The second-order valence-corrected chi connectivity index (χ2v) is 5.73. The van der Waals surface area contributed by atoms with Crippen molar-refractivity contribution in [2.45, 2.75) is 37.8 Å². The number of carbonyl (C=O) groups is 3. The van der Waals surface area contributed by atoms with E-state index in [9.17, 15) is 14.4 Å². The van der Waals surface area contributed by atoms with Crippen LogP contribution in [0, 0.1) is 0 Å². The maximum atomic E-state index is 12.6. The van der Waals surface area contributed by atoms with Gasteiger partial charge in [0.1, 0.15) is 12.0 Å². The van der Waals surface area contributed by atoms with Gasteiger partial charge in [0.25, 0.3) is 0 Å². The van der Waals surface area contributed by atoms with Gasteiger partial charge in [-0.05, 0) is 35.7 Å². The molecule has 26 heavy (non-hydrogen) atoms. The van der Waals surface area contributed by atoms with E-state index < -0.39 is 23.3 Å². The molecule has 1 aromatic rings. The molecule has 8 heteroatoms. The smallest absolute Gasteiger partial charge is 0.339 e. The van der Waals surface area contributed by atoms with E-state index in [0.717, 1.165) is 5.56 Å². The zero-order chi connectivity index (χ0) is 19.7. The van der Waals surface area contributed by atoms with E-state index in [4.69, 9.17) is 22.0 Å². The Balaban J connectivity index is 3.16. The number of hydrogen-bond donors (Lipinski definition) is 3. The molecule has 0 saturated carbocycles. The van der Waals surface area contributed by atoms with Crippen molar-refractivity contribution in [1.82, 2.24) is 0 Å². The number of hydrazone groups is 1. The Morgan fingerprint density at radius 3 is 2.65 bits per heavy atom. The van der Waals surface area contributed by atoms with E-state index in [2.05, 4.69) is 11.7 Å². The lowest BCUT2D eigenvalue weighted by atomic mass is 9.86. The molecule has 0 radical (unpaired) electrons. The molecule has 0 spiro atoms. The lowest BCUT2D eigenvalue weighted by molar-refractivity contribution is -0.146. The van der Waals surface area contributed by atoms with Crippen molar-refractivity contribution in [2.75, 3.05) is 0 Å². The highest BCUT2D eigenvalue weighted by Crippen LogP contribution is 2.23. The number of aryl methyl sites for hydroxylation is 1. The van der Waals surface area contributed by atoms with Crippen LogP contribution in [0.2, 0.25) is 0 Å². The minimum Gasteiger partial charge on any atom is -0.425 e. The summed E-state index contributed by atoms with van der Waals surface area (Å²) >= 11 is 0. The van der Waals surface area contributed by atoms with Crippen LogP contribution >= 0.6 is 0 Å². The number of hydrogen-bond acceptors (Lipinski definition) is 8. The van der Waals surface area contributed by atoms with Crippen molar-refractivity contribution in [3.8, 4) is 5.75 Å². The molecule has 2 unspecified atom stereocenters. The van der Waals surface area contributed by atoms with Gasteiger partial charge in [-0.1, -0.05) is 13.0 Å². The third kappa shape index (κ3) is 4.84. The lowest BCUT2D eigenvalue weighted by Gasteiger charge is -2.27. The number of nitrogens with two attached hydrogens (primary N) is 3. The fraction of sp³-hybridized carbons (Fsp3) is 0.333. The van der Waals surface area contributed by atoms with Crippen molar-refractivity contribution in [3.05, 3.63) is 42.0 Å². The van der Waals surface area contributed by atoms with Gasteiger partial charge in [-0.25, -0.2) is 4.79 Å². The highest BCUT2D eigenvalue weighted by molar-refractivity contribution is 6.11. The lowest BCUT2D eigenvalue weighted by Crippen LogP contribution is -2.61. The average Bonchev–Trinajstić information content (AvgIpc) is 2.62. The fourth-order valence-corrected chi connectivity index (χ4v) is 2.39. The van der Waals surface area contributed by atoms with E-state index in [1.165, 1.54) is 12.3 Å². The van der Waals surface area contributed by atoms with Gasteiger partial charge in [-0.2, -0.15) is 5.10 Å². The molecule has 0 aliphatic heterocycles. The Kier molecular flexibility index (Phi) is 7.82. The molecule has 0 bridgehead atoms. The maximum absolute atomic E-state index is 12.6. The van der Waals surface area contributed by atoms with Gasteiger partial charge in [0.15, 0.2) is 11.3 Å². The monoisotopic (exact) mass is 360 g/mol. The van der Waals surface area contributed by atoms with E-state index in [-0.39, 0.29) is 18.6 Å². The molecule has 0 fully saturated rings. The first-order valence-corrected chi connectivity index (χ1v) is 8.05. The second-order valence-electron chi connectivity index (χ2n) is 5.73. The van der Waals surface area contributed by atoms with Crippen molar-refractivity contribution in [3.63, 3.8) is 0 Å². The quantitative estimate of drug-likeness (QED) is 0.0788. The first-order valence-electron chi connectivity index (χ1n) is 8.05. The molecule has 1 rings (SSSR count). The summed E-state index contributed by atoms with van der Waals surface area (Å²) in [5.74, 6) is 3.66. The summed E-state index contributed by atoms with van der Waals surface area (Å²) in [5, 5.41) is 3.44. The predicted octanol–water partition coefficient (Wildman–Crippen LogP) is 0.206. The molecule has 0 aliphatic carbocycles. The molecule has 0 aliphatic rings. The first kappa shape index (κ1) is 21.2. The van der Waals surface area contributed by atoms with E-state index in [1.54, 1.807) is 18.2 Å². The molecular weight excluding hydrogens is 336 g/mol. The van der Waals surface area contributed by atoms with Crippen LogP contribution in [0.3, 0.4) is 0 Å². The van der Waals surface area contributed by atoms with Crippen LogP contribution in [0.25, 0.3) is 0 Å². The molecule has 6 N–H and O–H groups in total. The second kappa shape index (κ2) is 9.59. The first-order chi connectivity index (χ1) is 12.3. The Morgan fingerprint density at radius 1 is 1.42 bits per heavy atom. The number of ether oxygens (including phenoxy) is 1. The number of benzene rings is 1. The number of Topliss-reactive ketones (excluding diaryl/α,β-unsaturated/α-hetero) is 1. The van der Waals surface area contributed by atoms with Gasteiger partial charge in [0.2, 0.25) is 0 Å². The van der Waals surface area contributed by atoms with Gasteiger partial charge >= 0.3 is 5.97 Å². The standard InChI is InChI=1S/C18H24N4O4/c1-3-8-18(20,16(24)14(19)7-9-23)17(25)26-15-6-5-12(11-22-21)10-13(15)4-2/h3,5-6,9-11,14H,1,4,7-8,19-21H2,2H3. The molecule has 140 valence electrons. The van der Waals surface area contributed by atoms with Crippen molar-refractivity contribution >= 4 is 24.3 Å². The van der Waals surface area contributed by atoms with Crippen LogP contribution in [-0.2, 0) is 20.8 Å². The summed E-state index contributed by atoms with van der Waals surface area (Å²) in [6.45, 7) is 5.39. The van der Waals surface area contributed by atoms with Crippen molar-refractivity contribution in [2.24, 2.45) is 22.4 Å². The highest BCUT2D eigenvalue weighted by atomic mass is 16.5. The third-order valence-corrected chi connectivity index (χ3v) is 3.85. The summed E-state index contributed by atoms with van der Waals surface area (Å²) in [5.41, 5.74) is 11.1. The van der Waals surface area contributed by atoms with Crippen molar-refractivity contribution < 1.29 is 19.1 Å². The summed E-state index contributed by atoms with van der Waals surface area (Å²) in [6, 6.07) is 3.78. The number of carbonyl (C=O) groups excluding carboxylic acids is 3. The van der Waals surface area contributed by atoms with Gasteiger partial charge in [-0.15, -0.1) is 6.58 Å². The zero-order valence-electron chi connectivity index (χ0n) is 14.7. The number of nitrogens with zero attached hydrogens (tertiary/aromatic N) is 1. The number of ketones is 1. The Labute approximate surface area is 152 Å². The third-order valence-electron chi connectivity index (χ3n) is 3.85. The normalized spacial score (nSPS) is 14.4. The number of aldehydes is 1. The molecule has 1 aromatic carbocycles. The topological polar surface area (TPSA) is 151 Å². The van der Waals surface area contributed by atoms with E-state index in [0.29, 0.717) is 18.3 Å². The molecular formula is C18H24N4O4. The van der Waals surface area contributed by atoms with Crippen LogP contribution in [0.1, 0.15) is 30.9 Å². The Hall–Kier alpha value is -2.84. The largest absolute Gasteiger partial charge is 0.425 e. The van der Waals surface area contributed by atoms with Crippen LogP contribution < -0.4 is 22.0 Å². The Bertz CT molecular complexity index is 717. The Morgan fingerprint density at radius 2 is 2.12 bits per heavy atom. The van der Waals surface area contributed by atoms with Gasteiger partial charge in [0.05, 0.1) is 12.3 Å². The molecule has 8 nitrogen and oxygen atoms in total. The summed E-state index contributed by atoms with van der Waals surface area (Å²) < 4.78 is 5.38. The van der Waals surface area contributed by atoms with Crippen molar-refractivity contribution in [1.29, 1.82) is 0 Å². The minimum atomic E-state index is -2.02. The molecule has 0 amide bonds. The van der Waals surface area contributed by atoms with Gasteiger partial charge in [-0.3, -0.25) is 4.79 Å². The van der Waals surface area contributed by atoms with E-state index >= 15 is 0 Å². The SMILES string of the molecule is C=CCC(N)(C(=O)Oc1ccc(C=NN)cc1CC)C(=O)C(N)CC=O. The summed E-state index contributed by atoms with van der Waals surface area (Å²) in [4.78, 5) is 35.7. The highest BCUT2D eigenvalue weighted by Gasteiger charge is 2.45. The van der Waals surface area contributed by atoms with Crippen LogP contribution in [0.15, 0.2) is 36.0 Å². The van der Waals surface area contributed by atoms with Crippen LogP contribution in [0.5, 0.6) is 5.75 Å². The number of esters is 1. The van der Waals surface area contributed by atoms with Gasteiger partial charge < -0.3 is 26.8 Å². The van der Waals surface area contributed by atoms with Crippen LogP contribution in [0.4, 0.5) is 0 Å². The minimum absolute atomic E-state index is 0.170. The summed E-state index contributed by atoms with van der Waals surface area (Å²) in [7, 11) is 0. The number of rotatable bonds is 10. The maximum Gasteiger partial charge on any atom is 0.339 e. The molecule has 0 saturated heterocycles. The average molecular weight is 360 g/mol. The predicted molar refractivity (Wildman–Crippen MR) is 98.6 cm³/mol. The fourth-order valence-electron chi connectivity index (χ4n) is 2.39. The van der Waals surface area contributed by atoms with Crippen LogP contribution in [-0.4, -0.2) is 35.8 Å². The molecule has 0 heterocycles. The zero-order valence-corrected chi connectivity index (χ0v) is 14.7. The van der Waals surface area contributed by atoms with Gasteiger partial charge in [0, 0.05) is 12.8 Å². The molecule has 0 aromatic heterocycles. The molecule has 2 atom stereocenters. The summed E-state index contributed by atoms with van der Waals surface area (Å²) in [6.07, 6.45) is 3.43.